The first-order valence-electron chi connectivity index (χ1n) is 2.07. The van der Waals surface area contributed by atoms with Crippen molar-refractivity contribution in [2.75, 3.05) is 0 Å². The van der Waals surface area contributed by atoms with Gasteiger partial charge in [0.05, 0.1) is 6.42 Å². The maximum Gasteiger partial charge on any atom is 0.450 e. The van der Waals surface area contributed by atoms with Crippen molar-refractivity contribution in [2.45, 2.75) is 12.6 Å². The Bertz CT molecular complexity index is 128. The van der Waals surface area contributed by atoms with E-state index in [9.17, 15) is 18.0 Å². The summed E-state index contributed by atoms with van der Waals surface area (Å²) in [5, 5.41) is 6.17. The number of halogens is 3. The van der Waals surface area contributed by atoms with Crippen molar-refractivity contribution >= 4 is 12.0 Å². The van der Waals surface area contributed by atoms with Crippen molar-refractivity contribution < 1.29 is 18.0 Å². The van der Waals surface area contributed by atoms with Gasteiger partial charge in [-0.15, -0.1) is 0 Å². The molecule has 0 saturated carbocycles. The van der Waals surface area contributed by atoms with Crippen LogP contribution < -0.4 is 0 Å². The zero-order valence-electron chi connectivity index (χ0n) is 4.33. The molecular weight excluding hydrogens is 135 g/mol. The number of nitrogens with one attached hydrogen (secondary N) is 1. The summed E-state index contributed by atoms with van der Waals surface area (Å²) in [5.74, 6) is -1.88. The second-order valence-corrected chi connectivity index (χ2v) is 1.33. The van der Waals surface area contributed by atoms with Crippen LogP contribution in [0.1, 0.15) is 6.42 Å². The average Bonchev–Trinajstić information content (AvgIpc) is 1.64. The van der Waals surface area contributed by atoms with Crippen molar-refractivity contribution in [1.82, 2.24) is 0 Å². The summed E-state index contributed by atoms with van der Waals surface area (Å²) in [6.07, 6.45) is -5.21. The molecular formula is C4H4F3NO. The summed E-state index contributed by atoms with van der Waals surface area (Å²) in [7, 11) is 0. The predicted octanol–water partition coefficient (Wildman–Crippen LogP) is 1.16. The molecule has 0 aliphatic carbocycles. The zero-order chi connectivity index (χ0) is 7.49. The van der Waals surface area contributed by atoms with Crippen molar-refractivity contribution in [3.05, 3.63) is 0 Å². The van der Waals surface area contributed by atoms with Crippen molar-refractivity contribution in [3.63, 3.8) is 0 Å². The largest absolute Gasteiger partial charge is 0.450 e. The second kappa shape index (κ2) is 2.61. The highest BCUT2D eigenvalue weighted by atomic mass is 19.4. The number of rotatable bonds is 2. The molecule has 0 aromatic carbocycles. The SMILES string of the molecule is N=CCC(=O)C(F)(F)F. The van der Waals surface area contributed by atoms with Crippen LogP contribution in [0.25, 0.3) is 0 Å². The summed E-state index contributed by atoms with van der Waals surface area (Å²) >= 11 is 0. The Morgan fingerprint density at radius 3 is 2.11 bits per heavy atom. The van der Waals surface area contributed by atoms with Crippen LogP contribution in [-0.2, 0) is 4.79 Å². The standard InChI is InChI=1S/C4H4F3NO/c5-4(6,7)3(9)1-2-8/h2,8H,1H2. The Labute approximate surface area is 49.2 Å². The van der Waals surface area contributed by atoms with E-state index in [0.29, 0.717) is 6.21 Å². The third-order valence-electron chi connectivity index (χ3n) is 0.604. The van der Waals surface area contributed by atoms with Gasteiger partial charge in [-0.25, -0.2) is 0 Å². The molecule has 0 rings (SSSR count). The van der Waals surface area contributed by atoms with Gasteiger partial charge in [-0.3, -0.25) is 4.79 Å². The van der Waals surface area contributed by atoms with Crippen LogP contribution >= 0.6 is 0 Å². The zero-order valence-corrected chi connectivity index (χ0v) is 4.33. The molecule has 0 aromatic heterocycles. The second-order valence-electron chi connectivity index (χ2n) is 1.33. The van der Waals surface area contributed by atoms with E-state index < -0.39 is 18.4 Å². The van der Waals surface area contributed by atoms with E-state index in [1.165, 1.54) is 0 Å². The lowest BCUT2D eigenvalue weighted by Gasteiger charge is -1.99. The normalized spacial score (nSPS) is 11.0. The number of Topliss-reactive ketones (excluding diaryl/α,β-unsaturated/α-hetero) is 1. The summed E-state index contributed by atoms with van der Waals surface area (Å²) in [5.41, 5.74) is 0. The van der Waals surface area contributed by atoms with E-state index in [2.05, 4.69) is 0 Å². The highest BCUT2D eigenvalue weighted by Crippen LogP contribution is 2.16. The van der Waals surface area contributed by atoms with Crippen LogP contribution in [0.4, 0.5) is 13.2 Å². The topological polar surface area (TPSA) is 40.9 Å². The molecule has 0 atom stereocenters. The van der Waals surface area contributed by atoms with Crippen molar-refractivity contribution in [1.29, 1.82) is 5.41 Å². The van der Waals surface area contributed by atoms with E-state index in [0.717, 1.165) is 0 Å². The molecule has 0 aromatic rings. The molecule has 0 spiro atoms. The summed E-state index contributed by atoms with van der Waals surface area (Å²) in [6.45, 7) is 0. The fraction of sp³-hybridized carbons (Fsp3) is 0.500. The molecule has 0 fully saturated rings. The first kappa shape index (κ1) is 8.13. The minimum Gasteiger partial charge on any atom is -0.313 e. The van der Waals surface area contributed by atoms with Crippen molar-refractivity contribution in [2.24, 2.45) is 0 Å². The molecule has 0 amide bonds. The van der Waals surface area contributed by atoms with Gasteiger partial charge in [-0.2, -0.15) is 13.2 Å². The molecule has 0 aliphatic heterocycles. The van der Waals surface area contributed by atoms with Gasteiger partial charge < -0.3 is 5.41 Å². The number of alkyl halides is 3. The molecule has 9 heavy (non-hydrogen) atoms. The molecule has 0 unspecified atom stereocenters. The molecule has 0 saturated heterocycles. The molecule has 0 heterocycles. The summed E-state index contributed by atoms with van der Waals surface area (Å²) < 4.78 is 33.5. The third-order valence-corrected chi connectivity index (χ3v) is 0.604. The van der Waals surface area contributed by atoms with Gasteiger partial charge in [-0.05, 0) is 0 Å². The van der Waals surface area contributed by atoms with Gasteiger partial charge in [0.2, 0.25) is 5.78 Å². The van der Waals surface area contributed by atoms with Crippen LogP contribution in [0.3, 0.4) is 0 Å². The highest BCUT2D eigenvalue weighted by Gasteiger charge is 2.36. The average molecular weight is 139 g/mol. The van der Waals surface area contributed by atoms with Gasteiger partial charge in [-0.1, -0.05) is 0 Å². The molecule has 52 valence electrons. The van der Waals surface area contributed by atoms with Crippen molar-refractivity contribution in [3.8, 4) is 0 Å². The van der Waals surface area contributed by atoms with Gasteiger partial charge >= 0.3 is 6.18 Å². The van der Waals surface area contributed by atoms with E-state index in [1.807, 2.05) is 0 Å². The maximum atomic E-state index is 11.2. The molecule has 2 nitrogen and oxygen atoms in total. The quantitative estimate of drug-likeness (QED) is 0.573. The smallest absolute Gasteiger partial charge is 0.313 e. The number of hydrogen-bond donors (Lipinski definition) is 1. The number of hydrogen-bond acceptors (Lipinski definition) is 2. The van der Waals surface area contributed by atoms with Crippen LogP contribution in [0.2, 0.25) is 0 Å². The van der Waals surface area contributed by atoms with E-state index >= 15 is 0 Å². The highest BCUT2D eigenvalue weighted by molar-refractivity contribution is 5.94. The van der Waals surface area contributed by atoms with E-state index in [1.54, 1.807) is 0 Å². The Balaban J connectivity index is 3.88. The summed E-state index contributed by atoms with van der Waals surface area (Å²) in [4.78, 5) is 9.79. The Morgan fingerprint density at radius 1 is 1.56 bits per heavy atom. The molecule has 1 N–H and O–H groups in total. The minimum absolute atomic E-state index is 0.426. The maximum absolute atomic E-state index is 11.2. The number of ketones is 1. The van der Waals surface area contributed by atoms with Gasteiger partial charge in [0.1, 0.15) is 0 Å². The van der Waals surface area contributed by atoms with Crippen LogP contribution in [0.15, 0.2) is 0 Å². The van der Waals surface area contributed by atoms with Crippen LogP contribution in [-0.4, -0.2) is 18.2 Å². The minimum atomic E-state index is -4.78. The molecule has 0 radical (unpaired) electrons. The predicted molar refractivity (Wildman–Crippen MR) is 24.5 cm³/mol. The van der Waals surface area contributed by atoms with E-state index in [-0.39, 0.29) is 0 Å². The van der Waals surface area contributed by atoms with Gasteiger partial charge in [0.15, 0.2) is 0 Å². The number of carbonyl (C=O) groups excluding carboxylic acids is 1. The lowest BCUT2D eigenvalue weighted by Crippen LogP contribution is -2.22. The fourth-order valence-corrected chi connectivity index (χ4v) is 0.208. The monoisotopic (exact) mass is 139 g/mol. The Morgan fingerprint density at radius 2 is 2.00 bits per heavy atom. The first-order chi connectivity index (χ1) is 3.98. The molecule has 0 aliphatic rings. The summed E-state index contributed by atoms with van der Waals surface area (Å²) in [6, 6.07) is 0. The third kappa shape index (κ3) is 2.84. The van der Waals surface area contributed by atoms with Gasteiger partial charge in [0, 0.05) is 6.21 Å². The Kier molecular flexibility index (Phi) is 2.36. The van der Waals surface area contributed by atoms with Crippen LogP contribution in [0, 0.1) is 5.41 Å². The lowest BCUT2D eigenvalue weighted by molar-refractivity contribution is -0.169. The molecule has 0 bridgehead atoms. The van der Waals surface area contributed by atoms with E-state index in [4.69, 9.17) is 5.41 Å². The Hall–Kier alpha value is -0.870. The fourth-order valence-electron chi connectivity index (χ4n) is 0.208. The van der Waals surface area contributed by atoms with Gasteiger partial charge in [0.25, 0.3) is 0 Å². The molecule has 5 heteroatoms. The lowest BCUT2D eigenvalue weighted by atomic mass is 10.3. The number of carbonyl (C=O) groups is 1. The van der Waals surface area contributed by atoms with Crippen LogP contribution in [0.5, 0.6) is 0 Å². The first-order valence-corrected chi connectivity index (χ1v) is 2.07.